The van der Waals surface area contributed by atoms with E-state index in [9.17, 15) is 0 Å². The second kappa shape index (κ2) is 4.64. The fourth-order valence-electron chi connectivity index (χ4n) is 1.32. The Morgan fingerprint density at radius 1 is 1.54 bits per heavy atom. The normalized spacial score (nSPS) is 12.1. The van der Waals surface area contributed by atoms with Gasteiger partial charge in [0.1, 0.15) is 0 Å². The van der Waals surface area contributed by atoms with Crippen LogP contribution in [0.4, 0.5) is 0 Å². The Labute approximate surface area is 79.0 Å². The van der Waals surface area contributed by atoms with Crippen LogP contribution in [0.2, 0.25) is 0 Å². The molecule has 0 radical (unpaired) electrons. The minimum atomic E-state index is 0.0679. The molecule has 1 aromatic rings. The second-order valence-electron chi connectivity index (χ2n) is 3.13. The van der Waals surface area contributed by atoms with Crippen molar-refractivity contribution in [1.82, 2.24) is 0 Å². The number of rotatable bonds is 3. The quantitative estimate of drug-likeness (QED) is 0.764. The minimum absolute atomic E-state index is 0.0679. The van der Waals surface area contributed by atoms with Crippen LogP contribution in [0.15, 0.2) is 24.3 Å². The molecule has 0 amide bonds. The molecule has 13 heavy (non-hydrogen) atoms. The lowest BCUT2D eigenvalue weighted by atomic mass is 10.0. The molecule has 0 aromatic heterocycles. The van der Waals surface area contributed by atoms with Gasteiger partial charge in [0.2, 0.25) is 0 Å². The van der Waals surface area contributed by atoms with E-state index in [2.05, 4.69) is 13.0 Å². The van der Waals surface area contributed by atoms with Crippen LogP contribution in [0.5, 0.6) is 0 Å². The van der Waals surface area contributed by atoms with E-state index in [0.717, 1.165) is 18.4 Å². The van der Waals surface area contributed by atoms with Gasteiger partial charge < -0.3 is 5.73 Å². The fraction of sp³-hybridized carbons (Fsp3) is 0.364. The molecule has 2 N–H and O–H groups in total. The van der Waals surface area contributed by atoms with Crippen LogP contribution >= 0.6 is 0 Å². The number of nitriles is 1. The molecule has 0 spiro atoms. The summed E-state index contributed by atoms with van der Waals surface area (Å²) in [5.41, 5.74) is 7.66. The smallest absolute Gasteiger partial charge is 0.0991 e. The molecule has 2 heteroatoms. The lowest BCUT2D eigenvalue weighted by Crippen LogP contribution is -2.09. The van der Waals surface area contributed by atoms with Crippen molar-refractivity contribution in [2.24, 2.45) is 5.73 Å². The summed E-state index contributed by atoms with van der Waals surface area (Å²) in [4.78, 5) is 0. The first kappa shape index (κ1) is 9.76. The largest absolute Gasteiger partial charge is 0.324 e. The number of hydrogen-bond acceptors (Lipinski definition) is 2. The molecule has 0 aliphatic heterocycles. The van der Waals surface area contributed by atoms with E-state index in [0.29, 0.717) is 5.56 Å². The minimum Gasteiger partial charge on any atom is -0.324 e. The van der Waals surface area contributed by atoms with Gasteiger partial charge >= 0.3 is 0 Å². The van der Waals surface area contributed by atoms with Crippen molar-refractivity contribution < 1.29 is 0 Å². The molecule has 0 saturated heterocycles. The van der Waals surface area contributed by atoms with Crippen molar-refractivity contribution >= 4 is 0 Å². The maximum Gasteiger partial charge on any atom is 0.0991 e. The fourth-order valence-corrected chi connectivity index (χ4v) is 1.32. The summed E-state index contributed by atoms with van der Waals surface area (Å²) in [7, 11) is 0. The van der Waals surface area contributed by atoms with Crippen LogP contribution in [0.1, 0.15) is 36.9 Å². The van der Waals surface area contributed by atoms with E-state index < -0.39 is 0 Å². The zero-order valence-electron chi connectivity index (χ0n) is 7.83. The average molecular weight is 174 g/mol. The number of hydrogen-bond donors (Lipinski definition) is 1. The highest BCUT2D eigenvalue weighted by atomic mass is 14.6. The van der Waals surface area contributed by atoms with E-state index in [1.54, 1.807) is 6.07 Å². The van der Waals surface area contributed by atoms with Gasteiger partial charge in [0.05, 0.1) is 11.6 Å². The van der Waals surface area contributed by atoms with Gasteiger partial charge in [-0.05, 0) is 24.1 Å². The first-order chi connectivity index (χ1) is 6.27. The second-order valence-corrected chi connectivity index (χ2v) is 3.13. The van der Waals surface area contributed by atoms with Gasteiger partial charge in [0, 0.05) is 6.04 Å². The van der Waals surface area contributed by atoms with Crippen molar-refractivity contribution in [3.05, 3.63) is 35.4 Å². The molecule has 1 rings (SSSR count). The summed E-state index contributed by atoms with van der Waals surface area (Å²) in [5.74, 6) is 0. The third-order valence-corrected chi connectivity index (χ3v) is 2.04. The number of benzene rings is 1. The van der Waals surface area contributed by atoms with Crippen LogP contribution in [-0.4, -0.2) is 0 Å². The standard InChI is InChI=1S/C11H14N2/c1-2-4-11(13)10-6-3-5-9(7-10)8-12/h3,5-7,11H,2,4,13H2,1H3. The molecule has 0 heterocycles. The highest BCUT2D eigenvalue weighted by molar-refractivity contribution is 5.34. The summed E-state index contributed by atoms with van der Waals surface area (Å²) in [6, 6.07) is 9.68. The molecule has 1 unspecified atom stereocenters. The van der Waals surface area contributed by atoms with E-state index in [1.165, 1.54) is 0 Å². The Morgan fingerprint density at radius 2 is 2.31 bits per heavy atom. The molecule has 0 aliphatic rings. The van der Waals surface area contributed by atoms with Gasteiger partial charge in [-0.15, -0.1) is 0 Å². The van der Waals surface area contributed by atoms with E-state index >= 15 is 0 Å². The lowest BCUT2D eigenvalue weighted by Gasteiger charge is -2.10. The van der Waals surface area contributed by atoms with Crippen molar-refractivity contribution in [3.8, 4) is 6.07 Å². The van der Waals surface area contributed by atoms with Crippen LogP contribution in [0, 0.1) is 11.3 Å². The van der Waals surface area contributed by atoms with Gasteiger partial charge in [-0.3, -0.25) is 0 Å². The Bertz CT molecular complexity index is 312. The SMILES string of the molecule is CCCC(N)c1cccc(C#N)c1. The van der Waals surface area contributed by atoms with Crippen molar-refractivity contribution in [1.29, 1.82) is 5.26 Å². The molecule has 0 aliphatic carbocycles. The van der Waals surface area contributed by atoms with Gasteiger partial charge in [0.25, 0.3) is 0 Å². The predicted molar refractivity (Wildman–Crippen MR) is 53.0 cm³/mol. The first-order valence-corrected chi connectivity index (χ1v) is 4.53. The van der Waals surface area contributed by atoms with E-state index in [-0.39, 0.29) is 6.04 Å². The van der Waals surface area contributed by atoms with Crippen LogP contribution in [-0.2, 0) is 0 Å². The summed E-state index contributed by atoms with van der Waals surface area (Å²) < 4.78 is 0. The predicted octanol–water partition coefficient (Wildman–Crippen LogP) is 2.36. The summed E-state index contributed by atoms with van der Waals surface area (Å²) in [6.07, 6.45) is 2.03. The van der Waals surface area contributed by atoms with Crippen molar-refractivity contribution in [2.75, 3.05) is 0 Å². The Balaban J connectivity index is 2.83. The third kappa shape index (κ3) is 2.57. The van der Waals surface area contributed by atoms with Crippen LogP contribution < -0.4 is 5.73 Å². The van der Waals surface area contributed by atoms with E-state index in [4.69, 9.17) is 11.0 Å². The molecule has 1 aromatic carbocycles. The Hall–Kier alpha value is -1.33. The maximum atomic E-state index is 8.68. The molecular weight excluding hydrogens is 160 g/mol. The van der Waals surface area contributed by atoms with Crippen LogP contribution in [0.25, 0.3) is 0 Å². The monoisotopic (exact) mass is 174 g/mol. The van der Waals surface area contributed by atoms with Gasteiger partial charge in [0.15, 0.2) is 0 Å². The topological polar surface area (TPSA) is 49.8 Å². The van der Waals surface area contributed by atoms with Gasteiger partial charge in [-0.1, -0.05) is 25.5 Å². The third-order valence-electron chi connectivity index (χ3n) is 2.04. The van der Waals surface area contributed by atoms with Gasteiger partial charge in [-0.25, -0.2) is 0 Å². The summed E-state index contributed by atoms with van der Waals surface area (Å²) >= 11 is 0. The first-order valence-electron chi connectivity index (χ1n) is 4.53. The Morgan fingerprint density at radius 3 is 2.92 bits per heavy atom. The maximum absolute atomic E-state index is 8.68. The average Bonchev–Trinajstić information content (AvgIpc) is 2.18. The highest BCUT2D eigenvalue weighted by Crippen LogP contribution is 2.16. The molecule has 1 atom stereocenters. The lowest BCUT2D eigenvalue weighted by molar-refractivity contribution is 0.638. The highest BCUT2D eigenvalue weighted by Gasteiger charge is 2.04. The zero-order chi connectivity index (χ0) is 9.68. The van der Waals surface area contributed by atoms with Crippen LogP contribution in [0.3, 0.4) is 0 Å². The van der Waals surface area contributed by atoms with Crippen molar-refractivity contribution in [2.45, 2.75) is 25.8 Å². The molecule has 0 saturated carbocycles. The molecule has 0 bridgehead atoms. The number of nitrogens with two attached hydrogens (primary N) is 1. The molecule has 0 fully saturated rings. The summed E-state index contributed by atoms with van der Waals surface area (Å²) in [5, 5.41) is 8.68. The molecule has 68 valence electrons. The van der Waals surface area contributed by atoms with E-state index in [1.807, 2.05) is 18.2 Å². The molecule has 2 nitrogen and oxygen atoms in total. The number of nitrogens with zero attached hydrogens (tertiary/aromatic N) is 1. The molecular formula is C11H14N2. The van der Waals surface area contributed by atoms with Crippen molar-refractivity contribution in [3.63, 3.8) is 0 Å². The zero-order valence-corrected chi connectivity index (χ0v) is 7.83. The summed E-state index contributed by atoms with van der Waals surface area (Å²) in [6.45, 7) is 2.11. The Kier molecular flexibility index (Phi) is 3.48. The van der Waals surface area contributed by atoms with Gasteiger partial charge in [-0.2, -0.15) is 5.26 Å².